The average Bonchev–Trinajstić information content (AvgIpc) is 2.81. The summed E-state index contributed by atoms with van der Waals surface area (Å²) >= 11 is 0. The van der Waals surface area contributed by atoms with Crippen molar-refractivity contribution in [1.82, 2.24) is 5.32 Å². The number of amides is 1. The summed E-state index contributed by atoms with van der Waals surface area (Å²) in [5, 5.41) is 14.5. The van der Waals surface area contributed by atoms with Crippen LogP contribution in [0.5, 0.6) is 0 Å². The fourth-order valence-corrected chi connectivity index (χ4v) is 4.46. The van der Waals surface area contributed by atoms with E-state index in [2.05, 4.69) is 12.2 Å². The minimum absolute atomic E-state index is 0.161. The number of hydrogen-bond acceptors (Lipinski definition) is 2. The van der Waals surface area contributed by atoms with Crippen molar-refractivity contribution in [2.45, 2.75) is 109 Å². The molecule has 0 saturated carbocycles. The minimum Gasteiger partial charge on any atom is -0.480 e. The number of carboxylic acid groups (broad SMARTS) is 1. The zero-order valence-electron chi connectivity index (χ0n) is 20.5. The Bertz CT molecular complexity index is 827. The third kappa shape index (κ3) is 10.9. The van der Waals surface area contributed by atoms with Crippen LogP contribution < -0.4 is 5.32 Å². The van der Waals surface area contributed by atoms with Gasteiger partial charge in [-0.2, -0.15) is 0 Å². The van der Waals surface area contributed by atoms with Gasteiger partial charge in [0.25, 0.3) is 0 Å². The Morgan fingerprint density at radius 1 is 0.758 bits per heavy atom. The first-order chi connectivity index (χ1) is 16.1. The molecule has 4 heteroatoms. The van der Waals surface area contributed by atoms with Crippen LogP contribution in [0.4, 0.5) is 0 Å². The predicted molar refractivity (Wildman–Crippen MR) is 138 cm³/mol. The van der Waals surface area contributed by atoms with Crippen molar-refractivity contribution in [3.8, 4) is 0 Å². The third-order valence-electron chi connectivity index (χ3n) is 6.44. The molecule has 0 aliphatic carbocycles. The summed E-state index contributed by atoms with van der Waals surface area (Å²) in [7, 11) is 0. The quantitative estimate of drug-likeness (QED) is 0.231. The molecule has 1 unspecified atom stereocenters. The number of unbranched alkanes of at least 4 members (excludes halogenated alkanes) is 12. The molecule has 0 radical (unpaired) electrons. The topological polar surface area (TPSA) is 66.4 Å². The number of hydrogen-bond donors (Lipinski definition) is 2. The van der Waals surface area contributed by atoms with Crippen molar-refractivity contribution < 1.29 is 14.7 Å². The molecule has 2 N–H and O–H groups in total. The average molecular weight is 454 g/mol. The van der Waals surface area contributed by atoms with Gasteiger partial charge in [-0.25, -0.2) is 4.79 Å². The molecule has 33 heavy (non-hydrogen) atoms. The van der Waals surface area contributed by atoms with Crippen molar-refractivity contribution in [2.75, 3.05) is 0 Å². The van der Waals surface area contributed by atoms with Gasteiger partial charge in [0.2, 0.25) is 5.91 Å². The first kappa shape index (κ1) is 26.9. The Hall–Kier alpha value is -2.36. The van der Waals surface area contributed by atoms with Gasteiger partial charge in [-0.05, 0) is 22.8 Å². The van der Waals surface area contributed by atoms with Crippen LogP contribution in [0.25, 0.3) is 10.8 Å². The largest absolute Gasteiger partial charge is 0.480 e. The van der Waals surface area contributed by atoms with E-state index in [9.17, 15) is 14.7 Å². The van der Waals surface area contributed by atoms with E-state index >= 15 is 0 Å². The number of carbonyl (C=O) groups excluding carboxylic acids is 1. The highest BCUT2D eigenvalue weighted by molar-refractivity contribution is 5.88. The highest BCUT2D eigenvalue weighted by Gasteiger charge is 2.21. The maximum atomic E-state index is 12.3. The van der Waals surface area contributed by atoms with Crippen molar-refractivity contribution in [2.24, 2.45) is 0 Å². The standard InChI is InChI=1S/C29H43NO3/c1-2-3-4-5-6-7-8-9-10-11-12-13-14-22-28(31)30-27(29(32)33)23-25-20-17-19-24-18-15-16-21-26(24)25/h15-21,27H,2-14,22-23H2,1H3,(H,30,31)(H,32,33). The number of nitrogens with one attached hydrogen (secondary N) is 1. The van der Waals surface area contributed by atoms with Crippen LogP contribution in [0.3, 0.4) is 0 Å². The van der Waals surface area contributed by atoms with Gasteiger partial charge in [-0.1, -0.05) is 126 Å². The fourth-order valence-electron chi connectivity index (χ4n) is 4.46. The van der Waals surface area contributed by atoms with Crippen LogP contribution >= 0.6 is 0 Å². The van der Waals surface area contributed by atoms with E-state index in [4.69, 9.17) is 0 Å². The van der Waals surface area contributed by atoms with E-state index in [1.807, 2.05) is 42.5 Å². The summed E-state index contributed by atoms with van der Waals surface area (Å²) in [5.74, 6) is -1.15. The number of fused-ring (bicyclic) bond motifs is 1. The van der Waals surface area contributed by atoms with Gasteiger partial charge in [-0.15, -0.1) is 0 Å². The number of carboxylic acids is 1. The lowest BCUT2D eigenvalue weighted by Gasteiger charge is -2.16. The molecule has 0 spiro atoms. The molecule has 0 heterocycles. The fraction of sp³-hybridized carbons (Fsp3) is 0.586. The number of benzene rings is 2. The third-order valence-corrected chi connectivity index (χ3v) is 6.44. The van der Waals surface area contributed by atoms with Gasteiger partial charge in [0.05, 0.1) is 0 Å². The SMILES string of the molecule is CCCCCCCCCCCCCCCC(=O)NC(Cc1cccc2ccccc12)C(=O)O. The van der Waals surface area contributed by atoms with E-state index in [-0.39, 0.29) is 5.91 Å². The van der Waals surface area contributed by atoms with Crippen LogP contribution in [-0.2, 0) is 16.0 Å². The second kappa shape index (κ2) is 16.3. The number of rotatable bonds is 18. The van der Waals surface area contributed by atoms with E-state index in [0.717, 1.165) is 35.6 Å². The van der Waals surface area contributed by atoms with Gasteiger partial charge in [0.15, 0.2) is 0 Å². The van der Waals surface area contributed by atoms with Crippen molar-refractivity contribution in [3.63, 3.8) is 0 Å². The zero-order chi connectivity index (χ0) is 23.7. The van der Waals surface area contributed by atoms with Gasteiger partial charge < -0.3 is 10.4 Å². The molecule has 2 aromatic rings. The van der Waals surface area contributed by atoms with Crippen molar-refractivity contribution in [3.05, 3.63) is 48.0 Å². The number of aliphatic carboxylic acids is 1. The van der Waals surface area contributed by atoms with Gasteiger partial charge >= 0.3 is 5.97 Å². The molecule has 0 saturated heterocycles. The zero-order valence-corrected chi connectivity index (χ0v) is 20.5. The maximum absolute atomic E-state index is 12.3. The maximum Gasteiger partial charge on any atom is 0.326 e. The molecule has 0 fully saturated rings. The summed E-state index contributed by atoms with van der Waals surface area (Å²) in [6.07, 6.45) is 17.1. The molecule has 0 aromatic heterocycles. The summed E-state index contributed by atoms with van der Waals surface area (Å²) < 4.78 is 0. The van der Waals surface area contributed by atoms with E-state index < -0.39 is 12.0 Å². The second-order valence-corrected chi connectivity index (χ2v) is 9.29. The monoisotopic (exact) mass is 453 g/mol. The lowest BCUT2D eigenvalue weighted by molar-refractivity contribution is -0.141. The molecule has 4 nitrogen and oxygen atoms in total. The van der Waals surface area contributed by atoms with Gasteiger partial charge in [0.1, 0.15) is 6.04 Å². The molecular formula is C29H43NO3. The molecule has 0 bridgehead atoms. The first-order valence-corrected chi connectivity index (χ1v) is 13.1. The molecule has 0 aliphatic heterocycles. The van der Waals surface area contributed by atoms with Gasteiger partial charge in [0, 0.05) is 12.8 Å². The predicted octanol–water partition coefficient (Wildman–Crippen LogP) is 7.43. The Balaban J connectivity index is 1.58. The Morgan fingerprint density at radius 2 is 1.30 bits per heavy atom. The second-order valence-electron chi connectivity index (χ2n) is 9.29. The summed E-state index contributed by atoms with van der Waals surface area (Å²) in [4.78, 5) is 24.1. The van der Waals surface area contributed by atoms with E-state index in [1.165, 1.54) is 64.2 Å². The summed E-state index contributed by atoms with van der Waals surface area (Å²) in [6.45, 7) is 2.26. The molecule has 2 aromatic carbocycles. The Morgan fingerprint density at radius 3 is 1.91 bits per heavy atom. The normalized spacial score (nSPS) is 12.0. The molecule has 1 atom stereocenters. The highest BCUT2D eigenvalue weighted by atomic mass is 16.4. The number of carbonyl (C=O) groups is 2. The molecule has 182 valence electrons. The Labute approximate surface area is 200 Å². The highest BCUT2D eigenvalue weighted by Crippen LogP contribution is 2.20. The lowest BCUT2D eigenvalue weighted by Crippen LogP contribution is -2.42. The molecule has 2 rings (SSSR count). The van der Waals surface area contributed by atoms with Crippen LogP contribution in [0.15, 0.2) is 42.5 Å². The smallest absolute Gasteiger partial charge is 0.326 e. The van der Waals surface area contributed by atoms with E-state index in [0.29, 0.717) is 12.8 Å². The molecular weight excluding hydrogens is 410 g/mol. The minimum atomic E-state index is -0.985. The molecule has 1 amide bonds. The van der Waals surface area contributed by atoms with Crippen molar-refractivity contribution >= 4 is 22.6 Å². The Kier molecular flexibility index (Phi) is 13.3. The molecule has 0 aliphatic rings. The van der Waals surface area contributed by atoms with Crippen molar-refractivity contribution in [1.29, 1.82) is 0 Å². The van der Waals surface area contributed by atoms with Gasteiger partial charge in [-0.3, -0.25) is 4.79 Å². The summed E-state index contributed by atoms with van der Waals surface area (Å²) in [5.41, 5.74) is 0.946. The first-order valence-electron chi connectivity index (χ1n) is 13.1. The van der Waals surface area contributed by atoms with Crippen LogP contribution in [-0.4, -0.2) is 23.0 Å². The van der Waals surface area contributed by atoms with Crippen LogP contribution in [0, 0.1) is 0 Å². The van der Waals surface area contributed by atoms with Crippen LogP contribution in [0.1, 0.15) is 102 Å². The van der Waals surface area contributed by atoms with Crippen LogP contribution in [0.2, 0.25) is 0 Å². The van der Waals surface area contributed by atoms with E-state index in [1.54, 1.807) is 0 Å². The lowest BCUT2D eigenvalue weighted by atomic mass is 9.98. The summed E-state index contributed by atoms with van der Waals surface area (Å²) in [6, 6.07) is 12.9.